The SMILES string of the molecule is CCOc1cccc(N)c1C(=O)OCc1ncccc1C. The number of carbonyl (C=O) groups is 1. The number of nitrogens with zero attached hydrogens (tertiary/aromatic N) is 1. The molecular weight excluding hydrogens is 268 g/mol. The number of nitrogens with two attached hydrogens (primary N) is 1. The Labute approximate surface area is 123 Å². The van der Waals surface area contributed by atoms with Gasteiger partial charge in [0, 0.05) is 11.9 Å². The molecule has 0 aliphatic rings. The first kappa shape index (κ1) is 14.8. The number of hydrogen-bond donors (Lipinski definition) is 1. The zero-order valence-electron chi connectivity index (χ0n) is 12.1. The lowest BCUT2D eigenvalue weighted by molar-refractivity contribution is 0.0464. The molecule has 1 heterocycles. The van der Waals surface area contributed by atoms with E-state index in [-0.39, 0.29) is 12.2 Å². The van der Waals surface area contributed by atoms with Crippen molar-refractivity contribution in [3.63, 3.8) is 0 Å². The highest BCUT2D eigenvalue weighted by molar-refractivity contribution is 5.98. The van der Waals surface area contributed by atoms with Crippen molar-refractivity contribution >= 4 is 11.7 Å². The Kier molecular flexibility index (Phi) is 4.77. The second-order valence-corrected chi connectivity index (χ2v) is 4.50. The van der Waals surface area contributed by atoms with Crippen LogP contribution in [-0.2, 0) is 11.3 Å². The largest absolute Gasteiger partial charge is 0.493 e. The van der Waals surface area contributed by atoms with Gasteiger partial charge in [-0.2, -0.15) is 0 Å². The molecule has 0 saturated carbocycles. The molecule has 5 heteroatoms. The summed E-state index contributed by atoms with van der Waals surface area (Å²) in [5.41, 5.74) is 8.14. The van der Waals surface area contributed by atoms with Crippen LogP contribution in [0.2, 0.25) is 0 Å². The van der Waals surface area contributed by atoms with Gasteiger partial charge in [-0.25, -0.2) is 4.79 Å². The summed E-state index contributed by atoms with van der Waals surface area (Å²) in [6.07, 6.45) is 1.67. The minimum absolute atomic E-state index is 0.103. The van der Waals surface area contributed by atoms with E-state index >= 15 is 0 Å². The highest BCUT2D eigenvalue weighted by Crippen LogP contribution is 2.25. The molecule has 1 aromatic carbocycles. The smallest absolute Gasteiger partial charge is 0.344 e. The molecule has 0 aliphatic heterocycles. The molecule has 110 valence electrons. The van der Waals surface area contributed by atoms with E-state index in [0.29, 0.717) is 18.0 Å². The van der Waals surface area contributed by atoms with Crippen molar-refractivity contribution in [1.29, 1.82) is 0 Å². The first-order chi connectivity index (χ1) is 10.1. The molecule has 0 aliphatic carbocycles. The maximum atomic E-state index is 12.2. The standard InChI is InChI=1S/C16H18N2O3/c1-3-20-14-8-4-7-12(17)15(14)16(19)21-10-13-11(2)6-5-9-18-13/h4-9H,3,10,17H2,1-2H3. The Morgan fingerprint density at radius 1 is 1.29 bits per heavy atom. The molecule has 1 aromatic heterocycles. The zero-order valence-corrected chi connectivity index (χ0v) is 12.1. The second-order valence-electron chi connectivity index (χ2n) is 4.50. The number of benzene rings is 1. The molecule has 5 nitrogen and oxygen atoms in total. The molecular formula is C16H18N2O3. The van der Waals surface area contributed by atoms with Gasteiger partial charge in [0.25, 0.3) is 0 Å². The number of carbonyl (C=O) groups excluding carboxylic acids is 1. The van der Waals surface area contributed by atoms with Crippen LogP contribution in [0.3, 0.4) is 0 Å². The summed E-state index contributed by atoms with van der Waals surface area (Å²) >= 11 is 0. The number of esters is 1. The molecule has 0 amide bonds. The van der Waals surface area contributed by atoms with Crippen molar-refractivity contribution in [2.45, 2.75) is 20.5 Å². The summed E-state index contributed by atoms with van der Waals surface area (Å²) in [5, 5.41) is 0. The van der Waals surface area contributed by atoms with Crippen LogP contribution in [0.5, 0.6) is 5.75 Å². The number of aromatic nitrogens is 1. The molecule has 0 atom stereocenters. The number of rotatable bonds is 5. The molecule has 2 N–H and O–H groups in total. The Morgan fingerprint density at radius 3 is 2.81 bits per heavy atom. The fourth-order valence-corrected chi connectivity index (χ4v) is 1.92. The van der Waals surface area contributed by atoms with Crippen LogP contribution >= 0.6 is 0 Å². The van der Waals surface area contributed by atoms with Gasteiger partial charge in [0.2, 0.25) is 0 Å². The third-order valence-electron chi connectivity index (χ3n) is 3.02. The highest BCUT2D eigenvalue weighted by atomic mass is 16.5. The summed E-state index contributed by atoms with van der Waals surface area (Å²) in [6, 6.07) is 8.83. The monoisotopic (exact) mass is 286 g/mol. The number of anilines is 1. The molecule has 0 radical (unpaired) electrons. The Balaban J connectivity index is 2.16. The van der Waals surface area contributed by atoms with Crippen LogP contribution in [0, 0.1) is 6.92 Å². The topological polar surface area (TPSA) is 74.4 Å². The fourth-order valence-electron chi connectivity index (χ4n) is 1.92. The number of hydrogen-bond acceptors (Lipinski definition) is 5. The van der Waals surface area contributed by atoms with E-state index in [1.807, 2.05) is 26.0 Å². The first-order valence-corrected chi connectivity index (χ1v) is 6.72. The Morgan fingerprint density at radius 2 is 2.10 bits per heavy atom. The van der Waals surface area contributed by atoms with Gasteiger partial charge in [0.1, 0.15) is 17.9 Å². The van der Waals surface area contributed by atoms with Crippen LogP contribution in [0.1, 0.15) is 28.5 Å². The van der Waals surface area contributed by atoms with Gasteiger partial charge in [-0.05, 0) is 37.6 Å². The van der Waals surface area contributed by atoms with E-state index in [4.69, 9.17) is 15.2 Å². The van der Waals surface area contributed by atoms with Crippen molar-refractivity contribution in [2.75, 3.05) is 12.3 Å². The lowest BCUT2D eigenvalue weighted by Gasteiger charge is -2.12. The van der Waals surface area contributed by atoms with Gasteiger partial charge in [0.05, 0.1) is 12.3 Å². The summed E-state index contributed by atoms with van der Waals surface area (Å²) in [7, 11) is 0. The lowest BCUT2D eigenvalue weighted by Crippen LogP contribution is -2.11. The van der Waals surface area contributed by atoms with Crippen LogP contribution in [0.4, 0.5) is 5.69 Å². The molecule has 2 rings (SSSR count). The summed E-state index contributed by atoms with van der Waals surface area (Å²) in [4.78, 5) is 16.4. The van der Waals surface area contributed by atoms with E-state index in [2.05, 4.69) is 4.98 Å². The minimum atomic E-state index is -0.512. The van der Waals surface area contributed by atoms with Gasteiger partial charge in [-0.15, -0.1) is 0 Å². The number of nitrogen functional groups attached to an aromatic ring is 1. The first-order valence-electron chi connectivity index (χ1n) is 6.72. The predicted octanol–water partition coefficient (Wildman–Crippen LogP) is 2.73. The number of ether oxygens (including phenoxy) is 2. The van der Waals surface area contributed by atoms with E-state index in [1.54, 1.807) is 24.4 Å². The average Bonchev–Trinajstić information content (AvgIpc) is 2.47. The molecule has 0 spiro atoms. The van der Waals surface area contributed by atoms with Crippen molar-refractivity contribution in [2.24, 2.45) is 0 Å². The van der Waals surface area contributed by atoms with E-state index in [1.165, 1.54) is 0 Å². The van der Waals surface area contributed by atoms with Crippen molar-refractivity contribution in [3.8, 4) is 5.75 Å². The Hall–Kier alpha value is -2.56. The van der Waals surface area contributed by atoms with Crippen LogP contribution in [0.25, 0.3) is 0 Å². The predicted molar refractivity (Wildman–Crippen MR) is 80.1 cm³/mol. The van der Waals surface area contributed by atoms with Gasteiger partial charge >= 0.3 is 5.97 Å². The molecule has 0 unspecified atom stereocenters. The number of aryl methyl sites for hydroxylation is 1. The zero-order chi connectivity index (χ0) is 15.2. The molecule has 0 fully saturated rings. The third kappa shape index (κ3) is 3.51. The van der Waals surface area contributed by atoms with E-state index < -0.39 is 5.97 Å². The van der Waals surface area contributed by atoms with Crippen LogP contribution in [0.15, 0.2) is 36.5 Å². The van der Waals surface area contributed by atoms with E-state index in [9.17, 15) is 4.79 Å². The van der Waals surface area contributed by atoms with E-state index in [0.717, 1.165) is 11.3 Å². The highest BCUT2D eigenvalue weighted by Gasteiger charge is 2.18. The summed E-state index contributed by atoms with van der Waals surface area (Å²) < 4.78 is 10.7. The summed E-state index contributed by atoms with van der Waals surface area (Å²) in [5.74, 6) is -0.0816. The summed E-state index contributed by atoms with van der Waals surface area (Å²) in [6.45, 7) is 4.31. The number of pyridine rings is 1. The maximum Gasteiger partial charge on any atom is 0.344 e. The second kappa shape index (κ2) is 6.74. The quantitative estimate of drug-likeness (QED) is 0.675. The molecule has 2 aromatic rings. The maximum absolute atomic E-state index is 12.2. The molecule has 0 bridgehead atoms. The molecule has 0 saturated heterocycles. The van der Waals surface area contributed by atoms with Crippen molar-refractivity contribution < 1.29 is 14.3 Å². The lowest BCUT2D eigenvalue weighted by atomic mass is 10.1. The van der Waals surface area contributed by atoms with Gasteiger partial charge in [-0.3, -0.25) is 4.98 Å². The molecule has 21 heavy (non-hydrogen) atoms. The fraction of sp³-hybridized carbons (Fsp3) is 0.250. The normalized spacial score (nSPS) is 10.2. The van der Waals surface area contributed by atoms with Crippen molar-refractivity contribution in [3.05, 3.63) is 53.3 Å². The third-order valence-corrected chi connectivity index (χ3v) is 3.02. The van der Waals surface area contributed by atoms with Gasteiger partial charge < -0.3 is 15.2 Å². The minimum Gasteiger partial charge on any atom is -0.493 e. The van der Waals surface area contributed by atoms with Crippen LogP contribution in [-0.4, -0.2) is 17.6 Å². The Bertz CT molecular complexity index is 641. The average molecular weight is 286 g/mol. The van der Waals surface area contributed by atoms with Crippen molar-refractivity contribution in [1.82, 2.24) is 4.98 Å². The van der Waals surface area contributed by atoms with Crippen LogP contribution < -0.4 is 10.5 Å². The van der Waals surface area contributed by atoms with Gasteiger partial charge in [-0.1, -0.05) is 12.1 Å². The van der Waals surface area contributed by atoms with Gasteiger partial charge in [0.15, 0.2) is 0 Å².